The average molecular weight is 283 g/mol. The normalized spacial score (nSPS) is 16.4. The van der Waals surface area contributed by atoms with Crippen molar-refractivity contribution >= 4 is 5.91 Å². The van der Waals surface area contributed by atoms with Crippen molar-refractivity contribution < 1.29 is 4.79 Å². The van der Waals surface area contributed by atoms with Gasteiger partial charge in [-0.3, -0.25) is 9.59 Å². The summed E-state index contributed by atoms with van der Waals surface area (Å²) in [6.45, 7) is 4.65. The second-order valence-corrected chi connectivity index (χ2v) is 5.96. The number of rotatable bonds is 1. The summed E-state index contributed by atoms with van der Waals surface area (Å²) >= 11 is 0. The Morgan fingerprint density at radius 1 is 1.19 bits per heavy atom. The summed E-state index contributed by atoms with van der Waals surface area (Å²) in [5.74, 6) is -0.161. The van der Waals surface area contributed by atoms with Crippen molar-refractivity contribution in [1.29, 1.82) is 0 Å². The lowest BCUT2D eigenvalue weighted by Gasteiger charge is -2.43. The Bertz CT molecular complexity index is 729. The molecule has 1 N–H and O–H groups in total. The molecule has 0 unspecified atom stereocenters. The van der Waals surface area contributed by atoms with Crippen LogP contribution in [0, 0.1) is 0 Å². The summed E-state index contributed by atoms with van der Waals surface area (Å²) in [7, 11) is 0. The van der Waals surface area contributed by atoms with Crippen molar-refractivity contribution in [3.05, 3.63) is 63.6 Å². The van der Waals surface area contributed by atoms with Crippen LogP contribution in [0.25, 0.3) is 0 Å². The molecule has 108 valence electrons. The first-order valence-electron chi connectivity index (χ1n) is 6.92. The number of amides is 1. The summed E-state index contributed by atoms with van der Waals surface area (Å²) in [4.78, 5) is 25.6. The van der Waals surface area contributed by atoms with Gasteiger partial charge in [0.05, 0.1) is 0 Å². The Morgan fingerprint density at radius 3 is 2.57 bits per heavy atom. The summed E-state index contributed by atoms with van der Waals surface area (Å²) in [5, 5.41) is 6.16. The number of fused-ring (bicyclic) bond motifs is 1. The molecule has 5 heteroatoms. The maximum Gasteiger partial charge on any atom is 0.275 e. The lowest BCUT2D eigenvalue weighted by molar-refractivity contribution is 0.0481. The third-order valence-electron chi connectivity index (χ3n) is 3.94. The van der Waals surface area contributed by atoms with E-state index in [4.69, 9.17) is 0 Å². The SMILES string of the molecule is CC1(C)Cc2ccccc2CN1C(=O)c1ccc(=O)[nH]n1. The van der Waals surface area contributed by atoms with Gasteiger partial charge in [0.25, 0.3) is 11.5 Å². The predicted octanol–water partition coefficient (Wildman–Crippen LogP) is 1.75. The maximum absolute atomic E-state index is 12.7. The molecule has 1 aromatic carbocycles. The molecule has 0 atom stereocenters. The second kappa shape index (κ2) is 4.84. The molecule has 5 nitrogen and oxygen atoms in total. The zero-order chi connectivity index (χ0) is 15.0. The number of nitrogens with one attached hydrogen (secondary N) is 1. The highest BCUT2D eigenvalue weighted by Gasteiger charge is 2.36. The monoisotopic (exact) mass is 283 g/mol. The van der Waals surface area contributed by atoms with Crippen LogP contribution >= 0.6 is 0 Å². The fraction of sp³-hybridized carbons (Fsp3) is 0.312. The number of carbonyl (C=O) groups is 1. The minimum absolute atomic E-state index is 0.161. The number of aromatic amines is 1. The summed E-state index contributed by atoms with van der Waals surface area (Å²) in [6, 6.07) is 11.0. The lowest BCUT2D eigenvalue weighted by atomic mass is 9.85. The molecule has 0 saturated carbocycles. The van der Waals surface area contributed by atoms with Gasteiger partial charge in [-0.15, -0.1) is 0 Å². The Kier molecular flexibility index (Phi) is 3.12. The predicted molar refractivity (Wildman–Crippen MR) is 79.0 cm³/mol. The van der Waals surface area contributed by atoms with Gasteiger partial charge < -0.3 is 4.90 Å². The molecule has 1 amide bonds. The van der Waals surface area contributed by atoms with Gasteiger partial charge in [-0.1, -0.05) is 24.3 Å². The van der Waals surface area contributed by atoms with Gasteiger partial charge in [0.2, 0.25) is 0 Å². The summed E-state index contributed by atoms with van der Waals surface area (Å²) in [5.41, 5.74) is 2.11. The van der Waals surface area contributed by atoms with Crippen molar-refractivity contribution in [3.8, 4) is 0 Å². The average Bonchev–Trinajstić information content (AvgIpc) is 2.45. The molecule has 0 spiro atoms. The number of hydrogen-bond donors (Lipinski definition) is 1. The molecule has 2 heterocycles. The Balaban J connectivity index is 1.96. The van der Waals surface area contributed by atoms with Gasteiger partial charge in [0, 0.05) is 18.2 Å². The Hall–Kier alpha value is -2.43. The minimum atomic E-state index is -0.310. The molecular formula is C16H17N3O2. The van der Waals surface area contributed by atoms with Gasteiger partial charge in [-0.05, 0) is 37.5 Å². The van der Waals surface area contributed by atoms with Gasteiger partial charge >= 0.3 is 0 Å². The molecule has 0 aliphatic carbocycles. The van der Waals surface area contributed by atoms with Crippen molar-refractivity contribution in [3.63, 3.8) is 0 Å². The number of H-pyrrole nitrogens is 1. The van der Waals surface area contributed by atoms with Crippen LogP contribution in [0.3, 0.4) is 0 Å². The first-order chi connectivity index (χ1) is 9.97. The Labute approximate surface area is 122 Å². The molecule has 2 aromatic rings. The van der Waals surface area contributed by atoms with E-state index in [9.17, 15) is 9.59 Å². The summed E-state index contributed by atoms with van der Waals surface area (Å²) in [6.07, 6.45) is 0.804. The highest BCUT2D eigenvalue weighted by Crippen LogP contribution is 2.31. The van der Waals surface area contributed by atoms with Gasteiger partial charge in [-0.2, -0.15) is 5.10 Å². The van der Waals surface area contributed by atoms with Crippen LogP contribution in [-0.2, 0) is 13.0 Å². The van der Waals surface area contributed by atoms with Crippen molar-refractivity contribution in [2.24, 2.45) is 0 Å². The molecule has 0 saturated heterocycles. The molecule has 21 heavy (non-hydrogen) atoms. The van der Waals surface area contributed by atoms with Crippen LogP contribution in [0.4, 0.5) is 0 Å². The lowest BCUT2D eigenvalue weighted by Crippen LogP contribution is -2.51. The molecule has 0 fully saturated rings. The summed E-state index contributed by atoms with van der Waals surface area (Å²) < 4.78 is 0. The van der Waals surface area contributed by atoms with Crippen LogP contribution < -0.4 is 5.56 Å². The van der Waals surface area contributed by atoms with Gasteiger partial charge in [0.1, 0.15) is 5.69 Å². The standard InChI is InChI=1S/C16H17N3O2/c1-16(2)9-11-5-3-4-6-12(11)10-19(16)15(21)13-7-8-14(20)18-17-13/h3-8H,9-10H2,1-2H3,(H,18,20). The van der Waals surface area contributed by atoms with Crippen molar-refractivity contribution in [1.82, 2.24) is 15.1 Å². The Morgan fingerprint density at radius 2 is 1.90 bits per heavy atom. The number of aromatic nitrogens is 2. The van der Waals surface area contributed by atoms with E-state index in [1.165, 1.54) is 17.7 Å². The number of nitrogens with zero attached hydrogens (tertiary/aromatic N) is 2. The van der Waals surface area contributed by atoms with Crippen LogP contribution in [0.1, 0.15) is 35.5 Å². The first kappa shape index (κ1) is 13.5. The third kappa shape index (κ3) is 2.46. The highest BCUT2D eigenvalue weighted by atomic mass is 16.2. The molecule has 0 radical (unpaired) electrons. The van der Waals surface area contributed by atoms with Crippen LogP contribution in [0.5, 0.6) is 0 Å². The number of hydrogen-bond acceptors (Lipinski definition) is 3. The maximum atomic E-state index is 12.7. The molecule has 1 aliphatic rings. The molecule has 1 aliphatic heterocycles. The number of carbonyl (C=O) groups excluding carboxylic acids is 1. The van der Waals surface area contributed by atoms with E-state index in [-0.39, 0.29) is 22.7 Å². The van der Waals surface area contributed by atoms with E-state index in [1.807, 2.05) is 36.9 Å². The van der Waals surface area contributed by atoms with E-state index in [0.29, 0.717) is 6.54 Å². The van der Waals surface area contributed by atoms with Gasteiger partial charge in [0.15, 0.2) is 0 Å². The first-order valence-corrected chi connectivity index (χ1v) is 6.92. The van der Waals surface area contributed by atoms with E-state index in [0.717, 1.165) is 12.0 Å². The second-order valence-electron chi connectivity index (χ2n) is 5.96. The minimum Gasteiger partial charge on any atom is -0.327 e. The van der Waals surface area contributed by atoms with Crippen LogP contribution in [0.15, 0.2) is 41.2 Å². The molecule has 3 rings (SSSR count). The highest BCUT2D eigenvalue weighted by molar-refractivity contribution is 5.92. The van der Waals surface area contributed by atoms with Crippen molar-refractivity contribution in [2.75, 3.05) is 0 Å². The van der Waals surface area contributed by atoms with Crippen LogP contribution in [0.2, 0.25) is 0 Å². The largest absolute Gasteiger partial charge is 0.327 e. The molecule has 0 bridgehead atoms. The zero-order valence-corrected chi connectivity index (χ0v) is 12.1. The van der Waals surface area contributed by atoms with E-state index in [2.05, 4.69) is 16.3 Å². The fourth-order valence-electron chi connectivity index (χ4n) is 2.78. The fourth-order valence-corrected chi connectivity index (χ4v) is 2.78. The van der Waals surface area contributed by atoms with E-state index in [1.54, 1.807) is 0 Å². The number of benzene rings is 1. The molecule has 1 aromatic heterocycles. The third-order valence-corrected chi connectivity index (χ3v) is 3.94. The smallest absolute Gasteiger partial charge is 0.275 e. The van der Waals surface area contributed by atoms with Crippen LogP contribution in [-0.4, -0.2) is 26.5 Å². The van der Waals surface area contributed by atoms with E-state index < -0.39 is 0 Å². The molecular weight excluding hydrogens is 266 g/mol. The topological polar surface area (TPSA) is 66.1 Å². The van der Waals surface area contributed by atoms with Crippen molar-refractivity contribution in [2.45, 2.75) is 32.4 Å². The van der Waals surface area contributed by atoms with E-state index >= 15 is 0 Å². The zero-order valence-electron chi connectivity index (χ0n) is 12.1. The van der Waals surface area contributed by atoms with Gasteiger partial charge in [-0.25, -0.2) is 5.10 Å². The quantitative estimate of drug-likeness (QED) is 0.867.